The van der Waals surface area contributed by atoms with Crippen LogP contribution in [-0.2, 0) is 9.59 Å². The number of piperazine rings is 1. The standard InChI is InChI=1S/C10H19N3O2.ClH/c1-3-7(2)9(11)10(15)13-5-4-12-8(14)6-13;/h7,9H,3-6,11H2,1-2H3,(H,12,14);1H. The van der Waals surface area contributed by atoms with Gasteiger partial charge in [-0.25, -0.2) is 0 Å². The average molecular weight is 250 g/mol. The van der Waals surface area contributed by atoms with Gasteiger partial charge in [0.05, 0.1) is 12.6 Å². The van der Waals surface area contributed by atoms with Crippen molar-refractivity contribution in [1.82, 2.24) is 10.2 Å². The molecule has 3 N–H and O–H groups in total. The van der Waals surface area contributed by atoms with Crippen LogP contribution >= 0.6 is 12.4 Å². The number of hydrogen-bond donors (Lipinski definition) is 2. The van der Waals surface area contributed by atoms with E-state index in [1.807, 2.05) is 13.8 Å². The number of nitrogens with one attached hydrogen (secondary N) is 1. The molecule has 1 saturated heterocycles. The van der Waals surface area contributed by atoms with Crippen molar-refractivity contribution in [3.63, 3.8) is 0 Å². The van der Waals surface area contributed by atoms with E-state index in [0.29, 0.717) is 13.1 Å². The molecule has 1 fully saturated rings. The molecule has 0 bridgehead atoms. The lowest BCUT2D eigenvalue weighted by Crippen LogP contribution is -2.55. The molecule has 16 heavy (non-hydrogen) atoms. The molecular weight excluding hydrogens is 230 g/mol. The molecule has 0 aliphatic carbocycles. The van der Waals surface area contributed by atoms with Crippen LogP contribution in [0.4, 0.5) is 0 Å². The number of hydrogen-bond acceptors (Lipinski definition) is 3. The Balaban J connectivity index is 0.00000225. The fourth-order valence-corrected chi connectivity index (χ4v) is 1.53. The van der Waals surface area contributed by atoms with Gasteiger partial charge in [-0.05, 0) is 5.92 Å². The van der Waals surface area contributed by atoms with Crippen molar-refractivity contribution in [3.8, 4) is 0 Å². The quantitative estimate of drug-likeness (QED) is 0.724. The third kappa shape index (κ3) is 3.64. The Hall–Kier alpha value is -0.810. The molecule has 0 spiro atoms. The van der Waals surface area contributed by atoms with Crippen molar-refractivity contribution in [1.29, 1.82) is 0 Å². The van der Waals surface area contributed by atoms with E-state index >= 15 is 0 Å². The molecule has 0 radical (unpaired) electrons. The minimum Gasteiger partial charge on any atom is -0.353 e. The SMILES string of the molecule is CCC(C)C(N)C(=O)N1CCNC(=O)C1.Cl. The zero-order valence-electron chi connectivity index (χ0n) is 9.73. The molecule has 0 saturated carbocycles. The monoisotopic (exact) mass is 249 g/mol. The summed E-state index contributed by atoms with van der Waals surface area (Å²) in [7, 11) is 0. The molecule has 1 aliphatic rings. The molecule has 1 heterocycles. The van der Waals surface area contributed by atoms with Crippen molar-refractivity contribution < 1.29 is 9.59 Å². The largest absolute Gasteiger partial charge is 0.353 e. The molecule has 2 unspecified atom stereocenters. The highest BCUT2D eigenvalue weighted by molar-refractivity contribution is 5.88. The summed E-state index contributed by atoms with van der Waals surface area (Å²) in [6.45, 7) is 5.18. The fraction of sp³-hybridized carbons (Fsp3) is 0.800. The Morgan fingerprint density at radius 1 is 1.62 bits per heavy atom. The number of nitrogens with two attached hydrogens (primary N) is 1. The second-order valence-corrected chi connectivity index (χ2v) is 4.02. The average Bonchev–Trinajstić information content (AvgIpc) is 2.26. The summed E-state index contributed by atoms with van der Waals surface area (Å²) in [5, 5.41) is 2.68. The highest BCUT2D eigenvalue weighted by Crippen LogP contribution is 2.09. The van der Waals surface area contributed by atoms with Gasteiger partial charge in [-0.15, -0.1) is 12.4 Å². The lowest BCUT2D eigenvalue weighted by molar-refractivity contribution is -0.140. The molecule has 2 amide bonds. The maximum absolute atomic E-state index is 11.9. The fourth-order valence-electron chi connectivity index (χ4n) is 1.53. The Bertz CT molecular complexity index is 260. The highest BCUT2D eigenvalue weighted by atomic mass is 35.5. The van der Waals surface area contributed by atoms with Gasteiger partial charge in [-0.2, -0.15) is 0 Å². The van der Waals surface area contributed by atoms with E-state index in [2.05, 4.69) is 5.32 Å². The van der Waals surface area contributed by atoms with Crippen LogP contribution in [0.25, 0.3) is 0 Å². The summed E-state index contributed by atoms with van der Waals surface area (Å²) in [6.07, 6.45) is 0.868. The number of carbonyl (C=O) groups excluding carboxylic acids is 2. The predicted molar refractivity (Wildman–Crippen MR) is 64.3 cm³/mol. The van der Waals surface area contributed by atoms with E-state index in [0.717, 1.165) is 6.42 Å². The van der Waals surface area contributed by atoms with Gasteiger partial charge in [-0.3, -0.25) is 9.59 Å². The molecule has 6 heteroatoms. The maximum atomic E-state index is 11.9. The van der Waals surface area contributed by atoms with Crippen LogP contribution in [0.15, 0.2) is 0 Å². The van der Waals surface area contributed by atoms with E-state index in [1.54, 1.807) is 0 Å². The lowest BCUT2D eigenvalue weighted by Gasteiger charge is -2.30. The molecule has 5 nitrogen and oxygen atoms in total. The van der Waals surface area contributed by atoms with Gasteiger partial charge in [-0.1, -0.05) is 20.3 Å². The van der Waals surface area contributed by atoms with Crippen molar-refractivity contribution in [3.05, 3.63) is 0 Å². The maximum Gasteiger partial charge on any atom is 0.240 e. The van der Waals surface area contributed by atoms with Crippen LogP contribution in [0.2, 0.25) is 0 Å². The van der Waals surface area contributed by atoms with Gasteiger partial charge >= 0.3 is 0 Å². The summed E-state index contributed by atoms with van der Waals surface area (Å²) in [4.78, 5) is 24.5. The molecular formula is C10H20ClN3O2. The summed E-state index contributed by atoms with van der Waals surface area (Å²) in [6, 6.07) is -0.485. The first kappa shape index (κ1) is 15.2. The Kier molecular flexibility index (Phi) is 6.36. The minimum atomic E-state index is -0.485. The van der Waals surface area contributed by atoms with E-state index in [9.17, 15) is 9.59 Å². The summed E-state index contributed by atoms with van der Waals surface area (Å²) in [5.74, 6) is -0.0624. The van der Waals surface area contributed by atoms with Crippen LogP contribution in [-0.4, -0.2) is 42.4 Å². The number of carbonyl (C=O) groups is 2. The van der Waals surface area contributed by atoms with Gasteiger partial charge in [0, 0.05) is 13.1 Å². The molecule has 0 aromatic heterocycles. The molecule has 0 aromatic carbocycles. The summed E-state index contributed by atoms with van der Waals surface area (Å²) < 4.78 is 0. The second kappa shape index (κ2) is 6.70. The van der Waals surface area contributed by atoms with Crippen molar-refractivity contribution in [2.75, 3.05) is 19.6 Å². The topological polar surface area (TPSA) is 75.4 Å². The van der Waals surface area contributed by atoms with Gasteiger partial charge in [0.1, 0.15) is 0 Å². The van der Waals surface area contributed by atoms with Gasteiger partial charge in [0.2, 0.25) is 11.8 Å². The first-order chi connectivity index (χ1) is 7.06. The summed E-state index contributed by atoms with van der Waals surface area (Å²) >= 11 is 0. The molecule has 1 aliphatic heterocycles. The first-order valence-electron chi connectivity index (χ1n) is 5.37. The van der Waals surface area contributed by atoms with Gasteiger partial charge < -0.3 is 16.0 Å². The van der Waals surface area contributed by atoms with E-state index in [1.165, 1.54) is 4.90 Å². The van der Waals surface area contributed by atoms with Crippen LogP contribution < -0.4 is 11.1 Å². The molecule has 2 atom stereocenters. The van der Waals surface area contributed by atoms with E-state index in [4.69, 9.17) is 5.73 Å². The first-order valence-corrected chi connectivity index (χ1v) is 5.37. The van der Waals surface area contributed by atoms with Crippen molar-refractivity contribution >= 4 is 24.2 Å². The Labute approximate surface area is 102 Å². The van der Waals surface area contributed by atoms with Crippen LogP contribution in [0.3, 0.4) is 0 Å². The molecule has 94 valence electrons. The van der Waals surface area contributed by atoms with Crippen molar-refractivity contribution in [2.24, 2.45) is 11.7 Å². The van der Waals surface area contributed by atoms with Crippen LogP contribution in [0.5, 0.6) is 0 Å². The van der Waals surface area contributed by atoms with Gasteiger partial charge in [0.25, 0.3) is 0 Å². The molecule has 0 aromatic rings. The predicted octanol–water partition coefficient (Wildman–Crippen LogP) is -0.260. The lowest BCUT2D eigenvalue weighted by atomic mass is 9.98. The van der Waals surface area contributed by atoms with Crippen LogP contribution in [0.1, 0.15) is 20.3 Å². The Morgan fingerprint density at radius 3 is 2.75 bits per heavy atom. The third-order valence-corrected chi connectivity index (χ3v) is 2.89. The minimum absolute atomic E-state index is 0. The van der Waals surface area contributed by atoms with Gasteiger partial charge in [0.15, 0.2) is 0 Å². The highest BCUT2D eigenvalue weighted by Gasteiger charge is 2.27. The molecule has 1 rings (SSSR count). The number of rotatable bonds is 3. The van der Waals surface area contributed by atoms with E-state index in [-0.39, 0.29) is 36.7 Å². The second-order valence-electron chi connectivity index (χ2n) is 4.02. The Morgan fingerprint density at radius 2 is 2.25 bits per heavy atom. The zero-order valence-corrected chi connectivity index (χ0v) is 10.5. The zero-order chi connectivity index (χ0) is 11.4. The van der Waals surface area contributed by atoms with Crippen LogP contribution in [0, 0.1) is 5.92 Å². The van der Waals surface area contributed by atoms with Crippen molar-refractivity contribution in [2.45, 2.75) is 26.3 Å². The number of halogens is 1. The summed E-state index contributed by atoms with van der Waals surface area (Å²) in [5.41, 5.74) is 5.82. The number of nitrogens with zero attached hydrogens (tertiary/aromatic N) is 1. The van der Waals surface area contributed by atoms with E-state index < -0.39 is 6.04 Å². The normalized spacial score (nSPS) is 19.4. The number of amides is 2. The third-order valence-electron chi connectivity index (χ3n) is 2.89. The smallest absolute Gasteiger partial charge is 0.240 e.